The highest BCUT2D eigenvalue weighted by Crippen LogP contribution is 2.39. The zero-order valence-electron chi connectivity index (χ0n) is 21.2. The summed E-state index contributed by atoms with van der Waals surface area (Å²) < 4.78 is 23.9. The van der Waals surface area contributed by atoms with Gasteiger partial charge < -0.3 is 18.6 Å². The van der Waals surface area contributed by atoms with Crippen molar-refractivity contribution in [2.24, 2.45) is 5.41 Å². The lowest BCUT2D eigenvalue weighted by atomic mass is 9.82. The van der Waals surface area contributed by atoms with E-state index in [-0.39, 0.29) is 34.7 Å². The predicted octanol–water partition coefficient (Wildman–Crippen LogP) is 6.28. The van der Waals surface area contributed by atoms with E-state index >= 15 is 0 Å². The Hall–Kier alpha value is -1.63. The van der Waals surface area contributed by atoms with Crippen LogP contribution in [0.3, 0.4) is 0 Å². The van der Waals surface area contributed by atoms with Gasteiger partial charge >= 0.3 is 5.97 Å². The van der Waals surface area contributed by atoms with Gasteiger partial charge in [0.15, 0.2) is 8.32 Å². The molecule has 0 radical (unpaired) electrons. The van der Waals surface area contributed by atoms with Crippen molar-refractivity contribution in [2.75, 3.05) is 7.11 Å². The summed E-state index contributed by atoms with van der Waals surface area (Å²) in [4.78, 5) is 12.4. The minimum Gasteiger partial charge on any atom is -0.497 e. The van der Waals surface area contributed by atoms with Crippen molar-refractivity contribution in [3.8, 4) is 5.75 Å². The Morgan fingerprint density at radius 1 is 1.19 bits per heavy atom. The monoisotopic (exact) mass is 462 g/mol. The zero-order valence-corrected chi connectivity index (χ0v) is 22.2. The molecule has 2 rings (SSSR count). The quantitative estimate of drug-likeness (QED) is 0.233. The first kappa shape index (κ1) is 26.6. The van der Waals surface area contributed by atoms with Crippen LogP contribution in [0, 0.1) is 5.41 Å². The molecule has 1 aromatic carbocycles. The maximum absolute atomic E-state index is 12.4. The van der Waals surface area contributed by atoms with Gasteiger partial charge in [0.1, 0.15) is 11.9 Å². The number of hydrogen-bond donors (Lipinski definition) is 0. The molecule has 0 saturated carbocycles. The van der Waals surface area contributed by atoms with E-state index < -0.39 is 8.32 Å². The van der Waals surface area contributed by atoms with E-state index in [0.717, 1.165) is 11.3 Å². The van der Waals surface area contributed by atoms with Gasteiger partial charge in [-0.25, -0.2) is 0 Å². The molecule has 6 heteroatoms. The molecular formula is C26H42O5Si. The molecular weight excluding hydrogens is 420 g/mol. The van der Waals surface area contributed by atoms with Crippen molar-refractivity contribution >= 4 is 14.3 Å². The van der Waals surface area contributed by atoms with E-state index in [1.807, 2.05) is 30.3 Å². The number of carbonyl (C=O) groups is 1. The lowest BCUT2D eigenvalue weighted by Crippen LogP contribution is -2.48. The van der Waals surface area contributed by atoms with Crippen LogP contribution in [0.5, 0.6) is 5.75 Å². The fourth-order valence-corrected chi connectivity index (χ4v) is 4.91. The number of ether oxygens (including phenoxy) is 3. The van der Waals surface area contributed by atoms with Crippen molar-refractivity contribution in [3.05, 3.63) is 42.5 Å². The standard InChI is InChI=1S/C26H42O5Si/c1-10-26(5,6)23(29-18-19-11-13-20(28-7)14-12-19)16-21-15-22(17-24(27)30-21)31-32(8,9)25(2,3)4/h10-14,21-23H,1,15-18H2,2-9H3/t21-,22-,23+/m1/s1. The maximum atomic E-state index is 12.4. The summed E-state index contributed by atoms with van der Waals surface area (Å²) in [6, 6.07) is 7.86. The van der Waals surface area contributed by atoms with E-state index in [4.69, 9.17) is 18.6 Å². The third-order valence-electron chi connectivity index (χ3n) is 6.93. The molecule has 0 unspecified atom stereocenters. The normalized spacial score (nSPS) is 21.1. The fraction of sp³-hybridized carbons (Fsp3) is 0.654. The predicted molar refractivity (Wildman–Crippen MR) is 131 cm³/mol. The number of cyclic esters (lactones) is 1. The van der Waals surface area contributed by atoms with E-state index in [0.29, 0.717) is 25.9 Å². The molecule has 0 bridgehead atoms. The Morgan fingerprint density at radius 3 is 2.34 bits per heavy atom. The van der Waals surface area contributed by atoms with Gasteiger partial charge in [0.05, 0.1) is 32.3 Å². The highest BCUT2D eigenvalue weighted by atomic mass is 28.4. The number of carbonyl (C=O) groups excluding carboxylic acids is 1. The molecule has 1 aliphatic rings. The molecule has 3 atom stereocenters. The third-order valence-corrected chi connectivity index (χ3v) is 11.5. The summed E-state index contributed by atoms with van der Waals surface area (Å²) in [7, 11) is -0.313. The highest BCUT2D eigenvalue weighted by Gasteiger charge is 2.42. The average molecular weight is 463 g/mol. The minimum atomic E-state index is -1.97. The molecule has 180 valence electrons. The molecule has 0 N–H and O–H groups in total. The second kappa shape index (κ2) is 10.5. The summed E-state index contributed by atoms with van der Waals surface area (Å²) >= 11 is 0. The molecule has 0 aromatic heterocycles. The lowest BCUT2D eigenvalue weighted by molar-refractivity contribution is -0.163. The van der Waals surface area contributed by atoms with Crippen molar-refractivity contribution in [3.63, 3.8) is 0 Å². The van der Waals surface area contributed by atoms with Gasteiger partial charge in [-0.3, -0.25) is 4.79 Å². The second-order valence-electron chi connectivity index (χ2n) is 11.0. The topological polar surface area (TPSA) is 54.0 Å². The number of rotatable bonds is 10. The van der Waals surface area contributed by atoms with Crippen molar-refractivity contribution < 1.29 is 23.4 Å². The minimum absolute atomic E-state index is 0.0959. The highest BCUT2D eigenvalue weighted by molar-refractivity contribution is 6.74. The van der Waals surface area contributed by atoms with Crippen LogP contribution in [-0.4, -0.2) is 39.7 Å². The van der Waals surface area contributed by atoms with E-state index in [1.54, 1.807) is 7.11 Å². The summed E-state index contributed by atoms with van der Waals surface area (Å²) in [5.41, 5.74) is 0.794. The van der Waals surface area contributed by atoms with Crippen molar-refractivity contribution in [2.45, 2.75) is 96.9 Å². The van der Waals surface area contributed by atoms with Crippen LogP contribution in [0.15, 0.2) is 36.9 Å². The number of benzene rings is 1. The molecule has 0 aliphatic carbocycles. The number of hydrogen-bond acceptors (Lipinski definition) is 5. The summed E-state index contributed by atoms with van der Waals surface area (Å²) in [5.74, 6) is 0.633. The lowest BCUT2D eigenvalue weighted by Gasteiger charge is -2.42. The fourth-order valence-electron chi connectivity index (χ4n) is 3.55. The maximum Gasteiger partial charge on any atom is 0.308 e. The summed E-state index contributed by atoms with van der Waals surface area (Å²) in [6.45, 7) is 19.8. The molecule has 5 nitrogen and oxygen atoms in total. The van der Waals surface area contributed by atoms with Gasteiger partial charge in [-0.15, -0.1) is 6.58 Å². The van der Waals surface area contributed by atoms with Gasteiger partial charge in [0.2, 0.25) is 0 Å². The van der Waals surface area contributed by atoms with Crippen LogP contribution < -0.4 is 4.74 Å². The Kier molecular flexibility index (Phi) is 8.76. The number of esters is 1. The van der Waals surface area contributed by atoms with Crippen LogP contribution >= 0.6 is 0 Å². The molecule has 0 amide bonds. The molecule has 0 spiro atoms. The Balaban J connectivity index is 2.08. The van der Waals surface area contributed by atoms with Gasteiger partial charge in [-0.1, -0.05) is 52.8 Å². The van der Waals surface area contributed by atoms with Crippen LogP contribution in [0.25, 0.3) is 0 Å². The smallest absolute Gasteiger partial charge is 0.308 e. The molecule has 1 aliphatic heterocycles. The van der Waals surface area contributed by atoms with Crippen LogP contribution in [0.2, 0.25) is 18.1 Å². The second-order valence-corrected chi connectivity index (χ2v) is 15.7. The first-order valence-electron chi connectivity index (χ1n) is 11.5. The molecule has 32 heavy (non-hydrogen) atoms. The Bertz CT molecular complexity index is 763. The first-order valence-corrected chi connectivity index (χ1v) is 14.4. The average Bonchev–Trinajstić information content (AvgIpc) is 2.69. The van der Waals surface area contributed by atoms with Gasteiger partial charge in [0.25, 0.3) is 0 Å². The molecule has 1 fully saturated rings. The Labute approximate surface area is 195 Å². The van der Waals surface area contributed by atoms with E-state index in [1.165, 1.54) is 0 Å². The van der Waals surface area contributed by atoms with Crippen molar-refractivity contribution in [1.82, 2.24) is 0 Å². The van der Waals surface area contributed by atoms with Crippen LogP contribution in [0.1, 0.15) is 59.4 Å². The SMILES string of the molecule is C=CC(C)(C)[C@H](C[C@H]1C[C@@H](O[Si](C)(C)C(C)(C)C)CC(=O)O1)OCc1ccc(OC)cc1. The first-order chi connectivity index (χ1) is 14.8. The summed E-state index contributed by atoms with van der Waals surface area (Å²) in [6.07, 6.45) is 3.07. The van der Waals surface area contributed by atoms with E-state index in [9.17, 15) is 4.79 Å². The van der Waals surface area contributed by atoms with E-state index in [2.05, 4.69) is 54.3 Å². The Morgan fingerprint density at radius 2 is 1.81 bits per heavy atom. The van der Waals surface area contributed by atoms with Crippen LogP contribution in [-0.2, 0) is 25.3 Å². The number of methoxy groups -OCH3 is 1. The van der Waals surface area contributed by atoms with Crippen molar-refractivity contribution in [1.29, 1.82) is 0 Å². The largest absolute Gasteiger partial charge is 0.497 e. The molecule has 1 heterocycles. The van der Waals surface area contributed by atoms with Crippen LogP contribution in [0.4, 0.5) is 0 Å². The molecule has 1 aromatic rings. The van der Waals surface area contributed by atoms with Gasteiger partial charge in [-0.05, 0) is 35.8 Å². The molecule has 1 saturated heterocycles. The summed E-state index contributed by atoms with van der Waals surface area (Å²) in [5, 5.41) is 0.0959. The third kappa shape index (κ3) is 7.19. The zero-order chi connectivity index (χ0) is 24.2. The van der Waals surface area contributed by atoms with Gasteiger partial charge in [-0.2, -0.15) is 0 Å². The van der Waals surface area contributed by atoms with Gasteiger partial charge in [0, 0.05) is 18.3 Å².